The topological polar surface area (TPSA) is 65.5 Å². The van der Waals surface area contributed by atoms with Crippen LogP contribution >= 0.6 is 0 Å². The zero-order valence-electron chi connectivity index (χ0n) is 21.7. The van der Waals surface area contributed by atoms with Crippen molar-refractivity contribution >= 4 is 34.1 Å². The molecule has 36 heavy (non-hydrogen) atoms. The lowest BCUT2D eigenvalue weighted by molar-refractivity contribution is -0.127. The van der Waals surface area contributed by atoms with Gasteiger partial charge in [-0.3, -0.25) is 9.59 Å². The molecule has 0 saturated carbocycles. The molecule has 2 amide bonds. The Morgan fingerprint density at radius 3 is 2.42 bits per heavy atom. The smallest absolute Gasteiger partial charge is 0.253 e. The van der Waals surface area contributed by atoms with Crippen LogP contribution in [-0.4, -0.2) is 67.8 Å². The summed E-state index contributed by atoms with van der Waals surface area (Å²) in [5.74, 6) is 0.959. The number of unbranched alkanes of at least 4 members (excludes halogenated alkanes) is 1. The van der Waals surface area contributed by atoms with Gasteiger partial charge in [-0.2, -0.15) is 4.99 Å². The van der Waals surface area contributed by atoms with Gasteiger partial charge in [-0.1, -0.05) is 56.3 Å². The Morgan fingerprint density at radius 2 is 1.75 bits per heavy atom. The zero-order chi connectivity index (χ0) is 26.1. The maximum absolute atomic E-state index is 13.5. The fraction of sp³-hybridized carbons (Fsp3) is 0.345. The monoisotopic (exact) mass is 488 g/mol. The first-order valence-corrected chi connectivity index (χ1v) is 12.3. The van der Waals surface area contributed by atoms with E-state index in [0.717, 1.165) is 29.3 Å². The second-order valence-electron chi connectivity index (χ2n) is 8.71. The number of hydrogen-bond acceptors (Lipinski definition) is 4. The lowest BCUT2D eigenvalue weighted by Crippen LogP contribution is -2.50. The molecule has 0 spiro atoms. The second-order valence-corrected chi connectivity index (χ2v) is 8.71. The number of rotatable bonds is 8. The van der Waals surface area contributed by atoms with E-state index in [1.807, 2.05) is 54.6 Å². The summed E-state index contributed by atoms with van der Waals surface area (Å²) in [6, 6.07) is 14.0. The molecule has 0 N–H and O–H groups in total. The third kappa shape index (κ3) is 6.42. The van der Waals surface area contributed by atoms with Gasteiger partial charge < -0.3 is 19.4 Å². The number of piperazine rings is 1. The minimum absolute atomic E-state index is 0.0767. The Morgan fingerprint density at radius 1 is 1.08 bits per heavy atom. The van der Waals surface area contributed by atoms with Crippen LogP contribution in [0.2, 0.25) is 0 Å². The first kappa shape index (κ1) is 26.7. The van der Waals surface area contributed by atoms with Crippen molar-refractivity contribution in [3.8, 4) is 0 Å². The summed E-state index contributed by atoms with van der Waals surface area (Å²) < 4.78 is 5.50. The number of likely N-dealkylation sites (N-methyl/N-ethyl adjacent to an activating group) is 1. The summed E-state index contributed by atoms with van der Waals surface area (Å²) >= 11 is 0. The standard InChI is InChI=1S/C29H36N4O3/c1-6-8-16-27(36-5)30-26(32-17-19-33(20-18-32)28(34)7-2)21-22(3)29(35)31(4)25-15-11-13-23-12-9-10-14-24(23)25/h7,9-16,21H,2,6,8,17-20H2,1,3-5H3/b22-21+,27-16-,30-26+. The first-order valence-electron chi connectivity index (χ1n) is 12.3. The lowest BCUT2D eigenvalue weighted by atomic mass is 10.1. The molecule has 1 heterocycles. The summed E-state index contributed by atoms with van der Waals surface area (Å²) in [6.45, 7) is 9.79. The average Bonchev–Trinajstić information content (AvgIpc) is 2.93. The molecular weight excluding hydrogens is 452 g/mol. The van der Waals surface area contributed by atoms with Crippen molar-refractivity contribution in [2.75, 3.05) is 45.2 Å². The van der Waals surface area contributed by atoms with Crippen molar-refractivity contribution in [3.05, 3.63) is 78.7 Å². The average molecular weight is 489 g/mol. The Kier molecular flexibility index (Phi) is 9.45. The third-order valence-electron chi connectivity index (χ3n) is 6.25. The highest BCUT2D eigenvalue weighted by molar-refractivity contribution is 6.12. The third-order valence-corrected chi connectivity index (χ3v) is 6.25. The van der Waals surface area contributed by atoms with Crippen molar-refractivity contribution in [1.29, 1.82) is 0 Å². The Hall–Kier alpha value is -3.87. The zero-order valence-corrected chi connectivity index (χ0v) is 21.7. The molecule has 1 aliphatic rings. The van der Waals surface area contributed by atoms with Crippen LogP contribution in [0.5, 0.6) is 0 Å². The van der Waals surface area contributed by atoms with Crippen molar-refractivity contribution < 1.29 is 14.3 Å². The van der Waals surface area contributed by atoms with E-state index in [1.165, 1.54) is 6.08 Å². The number of hydrogen-bond donors (Lipinski definition) is 0. The van der Waals surface area contributed by atoms with Gasteiger partial charge in [0.15, 0.2) is 0 Å². The minimum Gasteiger partial charge on any atom is -0.481 e. The number of aliphatic imine (C=N–C) groups is 1. The van der Waals surface area contributed by atoms with Crippen molar-refractivity contribution in [3.63, 3.8) is 0 Å². The van der Waals surface area contributed by atoms with Gasteiger partial charge in [-0.05, 0) is 43.0 Å². The van der Waals surface area contributed by atoms with Gasteiger partial charge in [0.2, 0.25) is 11.8 Å². The van der Waals surface area contributed by atoms with Gasteiger partial charge >= 0.3 is 0 Å². The number of fused-ring (bicyclic) bond motifs is 1. The summed E-state index contributed by atoms with van der Waals surface area (Å²) in [4.78, 5) is 35.8. The second kappa shape index (κ2) is 12.7. The van der Waals surface area contributed by atoms with Gasteiger partial charge in [0, 0.05) is 44.2 Å². The van der Waals surface area contributed by atoms with Crippen molar-refractivity contribution in [2.45, 2.75) is 26.7 Å². The number of nitrogens with zero attached hydrogens (tertiary/aromatic N) is 4. The van der Waals surface area contributed by atoms with Crippen molar-refractivity contribution in [1.82, 2.24) is 9.80 Å². The number of amidine groups is 1. The molecule has 0 unspecified atom stereocenters. The maximum atomic E-state index is 13.5. The van der Waals surface area contributed by atoms with Crippen LogP contribution in [-0.2, 0) is 14.3 Å². The van der Waals surface area contributed by atoms with Crippen LogP contribution in [0.25, 0.3) is 10.8 Å². The summed E-state index contributed by atoms with van der Waals surface area (Å²) in [5, 5.41) is 2.10. The van der Waals surface area contributed by atoms with Gasteiger partial charge in [-0.25, -0.2) is 0 Å². The first-order chi connectivity index (χ1) is 17.4. The normalized spacial score (nSPS) is 15.2. The molecule has 7 nitrogen and oxygen atoms in total. The SMILES string of the molecule is C=CC(=O)N1CCN(C(/C=C(\C)C(=O)N(C)c2cccc3ccccc23)=N/C(=C/CCC)OC)CC1. The number of benzene rings is 2. The van der Waals surface area contributed by atoms with E-state index in [-0.39, 0.29) is 11.8 Å². The molecule has 2 aromatic carbocycles. The Balaban J connectivity index is 1.91. The van der Waals surface area contributed by atoms with E-state index in [0.29, 0.717) is 43.5 Å². The highest BCUT2D eigenvalue weighted by Crippen LogP contribution is 2.27. The molecule has 190 valence electrons. The summed E-state index contributed by atoms with van der Waals surface area (Å²) in [7, 11) is 3.39. The number of ether oxygens (including phenoxy) is 1. The molecule has 1 saturated heterocycles. The van der Waals surface area contributed by atoms with Crippen LogP contribution in [0.4, 0.5) is 5.69 Å². The highest BCUT2D eigenvalue weighted by atomic mass is 16.5. The van der Waals surface area contributed by atoms with E-state index in [9.17, 15) is 9.59 Å². The summed E-state index contributed by atoms with van der Waals surface area (Å²) in [5.41, 5.74) is 1.40. The number of allylic oxidation sites excluding steroid dienone is 1. The van der Waals surface area contributed by atoms with E-state index in [2.05, 4.69) is 18.4 Å². The molecule has 0 bridgehead atoms. The van der Waals surface area contributed by atoms with Gasteiger partial charge in [0.1, 0.15) is 5.84 Å². The van der Waals surface area contributed by atoms with Crippen LogP contribution < -0.4 is 4.90 Å². The Labute approximate surface area is 214 Å². The molecule has 2 aromatic rings. The molecule has 7 heteroatoms. The maximum Gasteiger partial charge on any atom is 0.253 e. The number of methoxy groups -OCH3 is 1. The fourth-order valence-corrected chi connectivity index (χ4v) is 4.16. The fourth-order valence-electron chi connectivity index (χ4n) is 4.16. The van der Waals surface area contributed by atoms with E-state index >= 15 is 0 Å². The molecule has 1 fully saturated rings. The molecule has 0 aliphatic carbocycles. The predicted octanol–water partition coefficient (Wildman–Crippen LogP) is 4.77. The summed E-state index contributed by atoms with van der Waals surface area (Å²) in [6.07, 6.45) is 6.92. The molecule has 1 aliphatic heterocycles. The minimum atomic E-state index is -0.115. The predicted molar refractivity (Wildman–Crippen MR) is 147 cm³/mol. The van der Waals surface area contributed by atoms with Gasteiger partial charge in [0.25, 0.3) is 5.91 Å². The number of anilines is 1. The van der Waals surface area contributed by atoms with Gasteiger partial charge in [-0.15, -0.1) is 0 Å². The Bertz CT molecular complexity index is 1180. The van der Waals surface area contributed by atoms with Gasteiger partial charge in [0.05, 0.1) is 12.8 Å². The highest BCUT2D eigenvalue weighted by Gasteiger charge is 2.23. The lowest BCUT2D eigenvalue weighted by Gasteiger charge is -2.35. The molecule has 0 aromatic heterocycles. The van der Waals surface area contributed by atoms with Crippen molar-refractivity contribution in [2.24, 2.45) is 4.99 Å². The number of carbonyl (C=O) groups excluding carboxylic acids is 2. The van der Waals surface area contributed by atoms with E-state index < -0.39 is 0 Å². The van der Waals surface area contributed by atoms with Crippen LogP contribution in [0, 0.1) is 0 Å². The molecular formula is C29H36N4O3. The molecule has 0 radical (unpaired) electrons. The van der Waals surface area contributed by atoms with E-state index in [4.69, 9.17) is 9.73 Å². The molecule has 3 rings (SSSR count). The number of carbonyl (C=O) groups is 2. The largest absolute Gasteiger partial charge is 0.481 e. The van der Waals surface area contributed by atoms with Crippen LogP contribution in [0.15, 0.2) is 83.7 Å². The quantitative estimate of drug-likeness (QED) is 0.232. The van der Waals surface area contributed by atoms with E-state index in [1.54, 1.807) is 30.9 Å². The van der Waals surface area contributed by atoms with Crippen LogP contribution in [0.3, 0.4) is 0 Å². The number of amides is 2. The molecule has 0 atom stereocenters. The van der Waals surface area contributed by atoms with Crippen LogP contribution in [0.1, 0.15) is 26.7 Å².